The molecule has 1 fully saturated rings. The first-order chi connectivity index (χ1) is 15.3. The van der Waals surface area contributed by atoms with Crippen LogP contribution in [-0.2, 0) is 4.79 Å². The van der Waals surface area contributed by atoms with Crippen molar-refractivity contribution in [1.82, 2.24) is 10.2 Å². The summed E-state index contributed by atoms with van der Waals surface area (Å²) in [5.74, 6) is 1.54. The smallest absolute Gasteiger partial charge is 0.219 e. The number of nitrogens with one attached hydrogen (secondary N) is 1. The van der Waals surface area contributed by atoms with Gasteiger partial charge in [0.2, 0.25) is 5.91 Å². The summed E-state index contributed by atoms with van der Waals surface area (Å²) >= 11 is 6.24. The fourth-order valence-corrected chi connectivity index (χ4v) is 4.71. The van der Waals surface area contributed by atoms with Crippen molar-refractivity contribution in [3.8, 4) is 17.2 Å². The first-order valence-corrected chi connectivity index (χ1v) is 11.0. The Morgan fingerprint density at radius 1 is 1.16 bits per heavy atom. The average Bonchev–Trinajstić information content (AvgIpc) is 2.80. The highest BCUT2D eigenvalue weighted by molar-refractivity contribution is 6.31. The maximum atomic E-state index is 11.9. The van der Waals surface area contributed by atoms with Gasteiger partial charge >= 0.3 is 0 Å². The summed E-state index contributed by atoms with van der Waals surface area (Å²) in [5.41, 5.74) is 1.93. The van der Waals surface area contributed by atoms with Gasteiger partial charge in [0.1, 0.15) is 11.4 Å². The van der Waals surface area contributed by atoms with Crippen molar-refractivity contribution >= 4 is 23.2 Å². The van der Waals surface area contributed by atoms with Crippen molar-refractivity contribution in [3.63, 3.8) is 0 Å². The predicted octanol–water partition coefficient (Wildman–Crippen LogP) is 3.93. The topological polar surface area (TPSA) is 83.4 Å². The Balaban J connectivity index is 1.74. The zero-order valence-electron chi connectivity index (χ0n) is 18.5. The summed E-state index contributed by atoms with van der Waals surface area (Å²) in [5, 5.41) is 14.8. The minimum Gasteiger partial charge on any atom is -0.507 e. The van der Waals surface area contributed by atoms with E-state index >= 15 is 0 Å². The molecule has 2 heterocycles. The number of hydrogen-bond acceptors (Lipinski definition) is 6. The van der Waals surface area contributed by atoms with Gasteiger partial charge in [-0.15, -0.1) is 0 Å². The second-order valence-electron chi connectivity index (χ2n) is 8.27. The van der Waals surface area contributed by atoms with Gasteiger partial charge in [-0.2, -0.15) is 0 Å². The van der Waals surface area contributed by atoms with E-state index in [0.29, 0.717) is 54.4 Å². The van der Waals surface area contributed by atoms with Crippen LogP contribution in [0.25, 0.3) is 0 Å². The number of aromatic hydroxyl groups is 1. The van der Waals surface area contributed by atoms with E-state index in [2.05, 4.69) is 5.32 Å². The van der Waals surface area contributed by atoms with Crippen LogP contribution >= 0.6 is 11.6 Å². The molecule has 1 atom stereocenters. The summed E-state index contributed by atoms with van der Waals surface area (Å²) in [7, 11) is 3.23. The number of nitrogens with zero attached hydrogens (tertiary/aromatic N) is 2. The third-order valence-electron chi connectivity index (χ3n) is 6.30. The highest BCUT2D eigenvalue weighted by Gasteiger charge is 2.41. The Kier molecular flexibility index (Phi) is 6.31. The van der Waals surface area contributed by atoms with Gasteiger partial charge in [0.05, 0.1) is 14.2 Å². The van der Waals surface area contributed by atoms with Gasteiger partial charge in [0.15, 0.2) is 11.5 Å². The van der Waals surface area contributed by atoms with E-state index in [0.717, 1.165) is 11.3 Å². The molecule has 0 aromatic heterocycles. The molecule has 7 nitrogen and oxygen atoms in total. The van der Waals surface area contributed by atoms with Crippen molar-refractivity contribution in [1.29, 1.82) is 0 Å². The van der Waals surface area contributed by atoms with E-state index in [1.54, 1.807) is 39.3 Å². The van der Waals surface area contributed by atoms with Crippen molar-refractivity contribution < 1.29 is 19.4 Å². The van der Waals surface area contributed by atoms with Crippen LogP contribution < -0.4 is 14.8 Å². The average molecular weight is 458 g/mol. The highest BCUT2D eigenvalue weighted by atomic mass is 35.5. The lowest BCUT2D eigenvalue weighted by atomic mass is 9.87. The third kappa shape index (κ3) is 4.40. The van der Waals surface area contributed by atoms with Gasteiger partial charge < -0.3 is 19.5 Å². The minimum atomic E-state index is -0.536. The summed E-state index contributed by atoms with van der Waals surface area (Å²) in [6.07, 6.45) is 1.93. The molecule has 0 radical (unpaired) electrons. The molecule has 2 aromatic carbocycles. The maximum Gasteiger partial charge on any atom is 0.219 e. The zero-order valence-corrected chi connectivity index (χ0v) is 19.3. The van der Waals surface area contributed by atoms with E-state index in [-0.39, 0.29) is 17.7 Å². The number of rotatable bonds is 4. The van der Waals surface area contributed by atoms with Crippen molar-refractivity contribution in [3.05, 3.63) is 52.5 Å². The molecular formula is C24H28ClN3O4. The molecule has 0 bridgehead atoms. The van der Waals surface area contributed by atoms with Crippen LogP contribution in [0.3, 0.4) is 0 Å². The van der Waals surface area contributed by atoms with E-state index < -0.39 is 5.66 Å². The van der Waals surface area contributed by atoms with Gasteiger partial charge in [0, 0.05) is 61.6 Å². The molecule has 1 spiro atoms. The Labute approximate surface area is 193 Å². The molecule has 1 saturated heterocycles. The number of ether oxygens (including phenoxy) is 2. The summed E-state index contributed by atoms with van der Waals surface area (Å²) in [4.78, 5) is 18.8. The SMILES string of the molecule is COc1ccc(C2CC(c3cc(Cl)ccc3O)=NC3(CCN(C(C)=O)CC3)N2)cc1OC. The summed E-state index contributed by atoms with van der Waals surface area (Å²) in [6.45, 7) is 2.84. The first-order valence-electron chi connectivity index (χ1n) is 10.7. The molecule has 0 aliphatic carbocycles. The summed E-state index contributed by atoms with van der Waals surface area (Å²) < 4.78 is 10.9. The molecule has 32 heavy (non-hydrogen) atoms. The Bertz CT molecular complexity index is 1050. The molecular weight excluding hydrogens is 430 g/mol. The Hall–Kier alpha value is -2.77. The number of likely N-dealkylation sites (tertiary alicyclic amines) is 1. The van der Waals surface area contributed by atoms with Crippen LogP contribution in [0.4, 0.5) is 0 Å². The quantitative estimate of drug-likeness (QED) is 0.726. The van der Waals surface area contributed by atoms with Crippen molar-refractivity contribution in [2.45, 2.75) is 37.9 Å². The number of carbonyl (C=O) groups excluding carboxylic acids is 1. The molecule has 2 aliphatic heterocycles. The minimum absolute atomic E-state index is 0.0652. The fraction of sp³-hybridized carbons (Fsp3) is 0.417. The molecule has 2 aliphatic rings. The molecule has 8 heteroatoms. The zero-order chi connectivity index (χ0) is 22.9. The van der Waals surface area contributed by atoms with Gasteiger partial charge in [0.25, 0.3) is 0 Å². The van der Waals surface area contributed by atoms with E-state index in [1.807, 2.05) is 23.1 Å². The number of halogens is 1. The monoisotopic (exact) mass is 457 g/mol. The molecule has 0 saturated carbocycles. The molecule has 170 valence electrons. The van der Waals surface area contributed by atoms with Crippen LogP contribution in [-0.4, -0.2) is 54.6 Å². The molecule has 1 amide bonds. The second kappa shape index (κ2) is 9.00. The number of phenolic OH excluding ortho intramolecular Hbond substituents is 1. The second-order valence-corrected chi connectivity index (χ2v) is 8.71. The van der Waals surface area contributed by atoms with Gasteiger partial charge in [-0.25, -0.2) is 0 Å². The Morgan fingerprint density at radius 3 is 2.53 bits per heavy atom. The molecule has 1 unspecified atom stereocenters. The van der Waals surface area contributed by atoms with Gasteiger partial charge in [-0.05, 0) is 35.9 Å². The lowest BCUT2D eigenvalue weighted by Crippen LogP contribution is -2.56. The van der Waals surface area contributed by atoms with Crippen molar-refractivity contribution in [2.24, 2.45) is 4.99 Å². The number of hydrogen-bond donors (Lipinski definition) is 2. The van der Waals surface area contributed by atoms with Crippen LogP contribution in [0.5, 0.6) is 17.2 Å². The standard InChI is InChI=1S/C24H28ClN3O4/c1-15(29)28-10-8-24(9-11-28)26-19(16-4-7-22(31-2)23(12-16)32-3)14-20(27-24)18-13-17(25)5-6-21(18)30/h4-7,12-13,19,26,30H,8-11,14H2,1-3H3. The number of benzene rings is 2. The van der Waals surface area contributed by atoms with Crippen molar-refractivity contribution in [2.75, 3.05) is 27.3 Å². The third-order valence-corrected chi connectivity index (χ3v) is 6.54. The van der Waals surface area contributed by atoms with Crippen LogP contribution in [0.2, 0.25) is 5.02 Å². The normalized spacial score (nSPS) is 20.1. The van der Waals surface area contributed by atoms with Crippen LogP contribution in [0.1, 0.15) is 43.4 Å². The van der Waals surface area contributed by atoms with Gasteiger partial charge in [-0.1, -0.05) is 17.7 Å². The number of aliphatic imine (C=N–C) groups is 1. The number of carbonyl (C=O) groups is 1. The highest BCUT2D eigenvalue weighted by Crippen LogP contribution is 2.39. The van der Waals surface area contributed by atoms with E-state index in [1.165, 1.54) is 0 Å². The Morgan fingerprint density at radius 2 is 1.88 bits per heavy atom. The first kappa shape index (κ1) is 22.4. The molecule has 4 rings (SSSR count). The number of phenols is 1. The number of piperidine rings is 1. The van der Waals surface area contributed by atoms with Crippen LogP contribution in [0.15, 0.2) is 41.4 Å². The van der Waals surface area contributed by atoms with E-state index in [4.69, 9.17) is 26.1 Å². The number of methoxy groups -OCH3 is 2. The lowest BCUT2D eigenvalue weighted by Gasteiger charge is -2.45. The lowest BCUT2D eigenvalue weighted by molar-refractivity contribution is -0.130. The number of amides is 1. The molecule has 2 N–H and O–H groups in total. The predicted molar refractivity (Wildman–Crippen MR) is 124 cm³/mol. The van der Waals surface area contributed by atoms with Crippen LogP contribution in [0, 0.1) is 0 Å². The molecule has 2 aromatic rings. The van der Waals surface area contributed by atoms with Gasteiger partial charge in [-0.3, -0.25) is 15.1 Å². The van der Waals surface area contributed by atoms with E-state index in [9.17, 15) is 9.90 Å². The summed E-state index contributed by atoms with van der Waals surface area (Å²) in [6, 6.07) is 10.8. The fourth-order valence-electron chi connectivity index (χ4n) is 4.53. The maximum absolute atomic E-state index is 11.9. The largest absolute Gasteiger partial charge is 0.507 e.